The molecule has 0 spiro atoms. The van der Waals surface area contributed by atoms with Gasteiger partial charge in [0.05, 0.1) is 4.90 Å². The van der Waals surface area contributed by atoms with Crippen molar-refractivity contribution in [3.05, 3.63) is 29.3 Å². The molecule has 1 fully saturated rings. The summed E-state index contributed by atoms with van der Waals surface area (Å²) < 4.78 is 27.2. The Labute approximate surface area is 127 Å². The standard InChI is InChI=1S/C15H25N3O2S/c1-12-9-15(7-6-13(12)10-16)21(19,20)18-8-4-5-14(11-18)17(2)3/h6-7,9,14H,4-5,8,10-11,16H2,1-3H3. The van der Waals surface area contributed by atoms with E-state index in [0.29, 0.717) is 24.5 Å². The van der Waals surface area contributed by atoms with E-state index in [0.717, 1.165) is 24.0 Å². The molecular weight excluding hydrogens is 286 g/mol. The number of nitrogens with zero attached hydrogens (tertiary/aromatic N) is 2. The lowest BCUT2D eigenvalue weighted by atomic mass is 10.1. The van der Waals surface area contributed by atoms with Crippen LogP contribution < -0.4 is 5.73 Å². The highest BCUT2D eigenvalue weighted by Gasteiger charge is 2.31. The van der Waals surface area contributed by atoms with Crippen LogP contribution in [0.15, 0.2) is 23.1 Å². The molecular formula is C15H25N3O2S. The maximum absolute atomic E-state index is 12.8. The zero-order chi connectivity index (χ0) is 15.6. The monoisotopic (exact) mass is 311 g/mol. The van der Waals surface area contributed by atoms with E-state index in [9.17, 15) is 8.42 Å². The maximum atomic E-state index is 12.8. The van der Waals surface area contributed by atoms with Crippen molar-refractivity contribution in [2.24, 2.45) is 5.73 Å². The Kier molecular flexibility index (Phi) is 5.03. The van der Waals surface area contributed by atoms with Gasteiger partial charge in [0.15, 0.2) is 0 Å². The first-order valence-electron chi connectivity index (χ1n) is 7.32. The highest BCUT2D eigenvalue weighted by atomic mass is 32.2. The van der Waals surface area contributed by atoms with Crippen molar-refractivity contribution in [1.82, 2.24) is 9.21 Å². The number of hydrogen-bond acceptors (Lipinski definition) is 4. The van der Waals surface area contributed by atoms with Crippen LogP contribution in [0.4, 0.5) is 0 Å². The van der Waals surface area contributed by atoms with Gasteiger partial charge in [-0.15, -0.1) is 0 Å². The summed E-state index contributed by atoms with van der Waals surface area (Å²) in [5.41, 5.74) is 7.55. The van der Waals surface area contributed by atoms with Crippen molar-refractivity contribution < 1.29 is 8.42 Å². The Morgan fingerprint density at radius 3 is 2.67 bits per heavy atom. The summed E-state index contributed by atoms with van der Waals surface area (Å²) >= 11 is 0. The van der Waals surface area contributed by atoms with Gasteiger partial charge < -0.3 is 10.6 Å². The third-order valence-electron chi connectivity index (χ3n) is 4.26. The molecule has 1 aromatic carbocycles. The van der Waals surface area contributed by atoms with E-state index in [4.69, 9.17) is 5.73 Å². The normalized spacial score (nSPS) is 20.9. The molecule has 0 radical (unpaired) electrons. The zero-order valence-corrected chi connectivity index (χ0v) is 13.9. The third kappa shape index (κ3) is 3.45. The van der Waals surface area contributed by atoms with Crippen LogP contribution in [0.5, 0.6) is 0 Å². The SMILES string of the molecule is Cc1cc(S(=O)(=O)N2CCCC(N(C)C)C2)ccc1CN. The van der Waals surface area contributed by atoms with E-state index in [2.05, 4.69) is 4.90 Å². The van der Waals surface area contributed by atoms with Crippen molar-refractivity contribution >= 4 is 10.0 Å². The topological polar surface area (TPSA) is 66.6 Å². The van der Waals surface area contributed by atoms with Crippen LogP contribution in [0.1, 0.15) is 24.0 Å². The first kappa shape index (κ1) is 16.4. The molecule has 0 aliphatic carbocycles. The molecule has 2 N–H and O–H groups in total. The number of sulfonamides is 1. The van der Waals surface area contributed by atoms with Gasteiger partial charge in [-0.05, 0) is 57.1 Å². The molecule has 21 heavy (non-hydrogen) atoms. The van der Waals surface area contributed by atoms with Gasteiger partial charge in [0.2, 0.25) is 10.0 Å². The number of rotatable bonds is 4. The fraction of sp³-hybridized carbons (Fsp3) is 0.600. The molecule has 1 aromatic rings. The highest BCUT2D eigenvalue weighted by molar-refractivity contribution is 7.89. The molecule has 0 bridgehead atoms. The molecule has 1 saturated heterocycles. The summed E-state index contributed by atoms with van der Waals surface area (Å²) in [7, 11) is 0.592. The fourth-order valence-electron chi connectivity index (χ4n) is 2.77. The average Bonchev–Trinajstić information content (AvgIpc) is 2.47. The Hall–Kier alpha value is -0.950. The van der Waals surface area contributed by atoms with Gasteiger partial charge in [-0.1, -0.05) is 6.07 Å². The van der Waals surface area contributed by atoms with E-state index >= 15 is 0 Å². The second kappa shape index (κ2) is 6.44. The van der Waals surface area contributed by atoms with Crippen molar-refractivity contribution in [3.8, 4) is 0 Å². The quantitative estimate of drug-likeness (QED) is 0.906. The number of benzene rings is 1. The smallest absolute Gasteiger partial charge is 0.243 e. The van der Waals surface area contributed by atoms with E-state index in [1.54, 1.807) is 16.4 Å². The first-order valence-corrected chi connectivity index (χ1v) is 8.76. The molecule has 0 saturated carbocycles. The molecule has 1 atom stereocenters. The summed E-state index contributed by atoms with van der Waals surface area (Å²) in [6.45, 7) is 3.50. The van der Waals surface area contributed by atoms with Gasteiger partial charge in [-0.3, -0.25) is 0 Å². The van der Waals surface area contributed by atoms with Gasteiger partial charge in [-0.25, -0.2) is 8.42 Å². The lowest BCUT2D eigenvalue weighted by molar-refractivity contribution is 0.190. The summed E-state index contributed by atoms with van der Waals surface area (Å²) in [6, 6.07) is 5.51. The van der Waals surface area contributed by atoms with E-state index < -0.39 is 10.0 Å². The van der Waals surface area contributed by atoms with Gasteiger partial charge in [-0.2, -0.15) is 4.31 Å². The van der Waals surface area contributed by atoms with E-state index in [1.807, 2.05) is 27.1 Å². The highest BCUT2D eigenvalue weighted by Crippen LogP contribution is 2.23. The molecule has 5 nitrogen and oxygen atoms in total. The lowest BCUT2D eigenvalue weighted by Gasteiger charge is -2.35. The molecule has 0 amide bonds. The van der Waals surface area contributed by atoms with Crippen molar-refractivity contribution in [2.75, 3.05) is 27.2 Å². The molecule has 2 rings (SSSR count). The van der Waals surface area contributed by atoms with Crippen LogP contribution in [0.25, 0.3) is 0 Å². The molecule has 1 unspecified atom stereocenters. The molecule has 1 heterocycles. The van der Waals surface area contributed by atoms with Crippen LogP contribution in [0.2, 0.25) is 0 Å². The number of aryl methyl sites for hydroxylation is 1. The second-order valence-electron chi connectivity index (χ2n) is 5.92. The van der Waals surface area contributed by atoms with Crippen LogP contribution in [-0.2, 0) is 16.6 Å². The third-order valence-corrected chi connectivity index (χ3v) is 6.12. The lowest BCUT2D eigenvalue weighted by Crippen LogP contribution is -2.47. The molecule has 6 heteroatoms. The predicted octanol–water partition coefficient (Wildman–Crippen LogP) is 1.17. The Morgan fingerprint density at radius 1 is 1.38 bits per heavy atom. The second-order valence-corrected chi connectivity index (χ2v) is 7.85. The number of piperidine rings is 1. The van der Waals surface area contributed by atoms with Crippen molar-refractivity contribution in [2.45, 2.75) is 37.2 Å². The fourth-order valence-corrected chi connectivity index (χ4v) is 4.37. The Bertz CT molecular complexity index is 599. The predicted molar refractivity (Wildman–Crippen MR) is 84.5 cm³/mol. The van der Waals surface area contributed by atoms with Gasteiger partial charge in [0.1, 0.15) is 0 Å². The summed E-state index contributed by atoms with van der Waals surface area (Å²) in [5.74, 6) is 0. The molecule has 0 aromatic heterocycles. The van der Waals surface area contributed by atoms with Gasteiger partial charge in [0, 0.05) is 25.7 Å². The van der Waals surface area contributed by atoms with E-state index in [1.165, 1.54) is 0 Å². The molecule has 118 valence electrons. The van der Waals surface area contributed by atoms with Crippen LogP contribution in [0.3, 0.4) is 0 Å². The number of hydrogen-bond donors (Lipinski definition) is 1. The largest absolute Gasteiger partial charge is 0.326 e. The minimum absolute atomic E-state index is 0.290. The number of nitrogens with two attached hydrogens (primary N) is 1. The zero-order valence-electron chi connectivity index (χ0n) is 13.0. The molecule has 1 aliphatic rings. The minimum atomic E-state index is -3.41. The summed E-state index contributed by atoms with van der Waals surface area (Å²) in [6.07, 6.45) is 1.95. The van der Waals surface area contributed by atoms with Crippen LogP contribution in [-0.4, -0.2) is 50.8 Å². The number of likely N-dealkylation sites (N-methyl/N-ethyl adjacent to an activating group) is 1. The Morgan fingerprint density at radius 2 is 2.10 bits per heavy atom. The van der Waals surface area contributed by atoms with Crippen LogP contribution in [0, 0.1) is 6.92 Å². The van der Waals surface area contributed by atoms with Gasteiger partial charge in [0.25, 0.3) is 0 Å². The summed E-state index contributed by atoms with van der Waals surface area (Å²) in [4.78, 5) is 2.47. The minimum Gasteiger partial charge on any atom is -0.326 e. The van der Waals surface area contributed by atoms with E-state index in [-0.39, 0.29) is 6.04 Å². The van der Waals surface area contributed by atoms with Gasteiger partial charge >= 0.3 is 0 Å². The maximum Gasteiger partial charge on any atom is 0.243 e. The summed E-state index contributed by atoms with van der Waals surface area (Å²) in [5, 5.41) is 0. The van der Waals surface area contributed by atoms with Crippen LogP contribution >= 0.6 is 0 Å². The average molecular weight is 311 g/mol. The van der Waals surface area contributed by atoms with Crippen molar-refractivity contribution in [3.63, 3.8) is 0 Å². The first-order chi connectivity index (χ1) is 9.86. The Balaban J connectivity index is 2.27. The van der Waals surface area contributed by atoms with Crippen molar-refractivity contribution in [1.29, 1.82) is 0 Å². The molecule has 1 aliphatic heterocycles.